The fourth-order valence-corrected chi connectivity index (χ4v) is 6.79. The lowest BCUT2D eigenvalue weighted by molar-refractivity contribution is 0.0998. The Kier molecular flexibility index (Phi) is 6.02. The quantitative estimate of drug-likeness (QED) is 0.461. The normalized spacial score (nSPS) is 24.6. The van der Waals surface area contributed by atoms with Crippen LogP contribution in [0.3, 0.4) is 0 Å². The molecule has 0 N–H and O–H groups in total. The number of ether oxygens (including phenoxy) is 1. The predicted octanol–water partition coefficient (Wildman–Crippen LogP) is 6.99. The standard InChI is InChI=1S/C26H36OSi/c1-7-8-18-25(2)23-17-13-12-16-22(23)24(28(4,5)6)19-26(25,20-27-3)21-14-10-9-11-15-21/h9-17,19H,7-8,18,20H2,1-6H3/t25-,26+/m0/s1. The zero-order chi connectivity index (χ0) is 20.4. The van der Waals surface area contributed by atoms with Gasteiger partial charge < -0.3 is 4.74 Å². The molecule has 150 valence electrons. The van der Waals surface area contributed by atoms with Gasteiger partial charge in [-0.25, -0.2) is 0 Å². The van der Waals surface area contributed by atoms with Crippen molar-refractivity contribution in [1.82, 2.24) is 0 Å². The van der Waals surface area contributed by atoms with Crippen molar-refractivity contribution in [3.05, 3.63) is 77.4 Å². The molecular formula is C26H36OSi. The van der Waals surface area contributed by atoms with Gasteiger partial charge in [0.15, 0.2) is 0 Å². The Bertz CT molecular complexity index is 833. The first-order valence-corrected chi connectivity index (χ1v) is 14.2. The van der Waals surface area contributed by atoms with Gasteiger partial charge in [-0.3, -0.25) is 0 Å². The van der Waals surface area contributed by atoms with Crippen LogP contribution in [0.4, 0.5) is 0 Å². The predicted molar refractivity (Wildman–Crippen MR) is 125 cm³/mol. The molecule has 0 amide bonds. The van der Waals surface area contributed by atoms with E-state index in [1.165, 1.54) is 29.5 Å². The Balaban J connectivity index is 2.39. The average Bonchev–Trinajstić information content (AvgIpc) is 2.68. The van der Waals surface area contributed by atoms with E-state index in [2.05, 4.69) is 94.2 Å². The molecular weight excluding hydrogens is 356 g/mol. The van der Waals surface area contributed by atoms with Crippen molar-refractivity contribution in [2.75, 3.05) is 13.7 Å². The number of hydrogen-bond donors (Lipinski definition) is 0. The molecule has 28 heavy (non-hydrogen) atoms. The van der Waals surface area contributed by atoms with Crippen LogP contribution < -0.4 is 0 Å². The summed E-state index contributed by atoms with van der Waals surface area (Å²) in [6, 6.07) is 20.2. The minimum Gasteiger partial charge on any atom is -0.383 e. The van der Waals surface area contributed by atoms with Crippen LogP contribution in [0.5, 0.6) is 0 Å². The molecule has 2 atom stereocenters. The Hall–Kier alpha value is -1.64. The third-order valence-electron chi connectivity index (χ3n) is 6.69. The third-order valence-corrected chi connectivity index (χ3v) is 8.72. The van der Waals surface area contributed by atoms with E-state index in [1.54, 1.807) is 5.20 Å². The summed E-state index contributed by atoms with van der Waals surface area (Å²) in [6.45, 7) is 12.9. The van der Waals surface area contributed by atoms with E-state index >= 15 is 0 Å². The Morgan fingerprint density at radius 3 is 2.18 bits per heavy atom. The molecule has 0 saturated carbocycles. The second kappa shape index (κ2) is 8.00. The SMILES string of the molecule is CCCC[C@@]1(C)c2ccccc2C([Si](C)(C)C)=C[C@@]1(COC)c1ccccc1. The largest absolute Gasteiger partial charge is 0.383 e. The first-order valence-electron chi connectivity index (χ1n) is 10.7. The smallest absolute Gasteiger partial charge is 0.0780 e. The summed E-state index contributed by atoms with van der Waals surface area (Å²) in [4.78, 5) is 0. The third kappa shape index (κ3) is 3.42. The highest BCUT2D eigenvalue weighted by molar-refractivity contribution is 6.93. The lowest BCUT2D eigenvalue weighted by Crippen LogP contribution is -2.52. The molecule has 0 bridgehead atoms. The molecule has 2 aromatic carbocycles. The number of hydrogen-bond acceptors (Lipinski definition) is 1. The van der Waals surface area contributed by atoms with Crippen LogP contribution in [0.25, 0.3) is 5.20 Å². The van der Waals surface area contributed by atoms with Gasteiger partial charge in [-0.1, -0.05) is 112 Å². The van der Waals surface area contributed by atoms with Gasteiger partial charge in [-0.15, -0.1) is 0 Å². The van der Waals surface area contributed by atoms with Gasteiger partial charge in [0.1, 0.15) is 0 Å². The van der Waals surface area contributed by atoms with Gasteiger partial charge in [0.05, 0.1) is 14.7 Å². The maximum absolute atomic E-state index is 5.96. The van der Waals surface area contributed by atoms with E-state index < -0.39 is 8.07 Å². The molecule has 1 nitrogen and oxygen atoms in total. The van der Waals surface area contributed by atoms with Crippen molar-refractivity contribution in [2.24, 2.45) is 0 Å². The van der Waals surface area contributed by atoms with Crippen LogP contribution in [0.15, 0.2) is 60.7 Å². The van der Waals surface area contributed by atoms with Gasteiger partial charge in [-0.2, -0.15) is 0 Å². The highest BCUT2D eigenvalue weighted by atomic mass is 28.3. The molecule has 0 aliphatic heterocycles. The van der Waals surface area contributed by atoms with Gasteiger partial charge in [-0.05, 0) is 23.1 Å². The zero-order valence-corrected chi connectivity index (χ0v) is 19.5. The molecule has 2 heteroatoms. The number of unbranched alkanes of at least 4 members (excludes halogenated alkanes) is 1. The van der Waals surface area contributed by atoms with Crippen LogP contribution >= 0.6 is 0 Å². The highest BCUT2D eigenvalue weighted by Crippen LogP contribution is 2.55. The Morgan fingerprint density at radius 2 is 1.57 bits per heavy atom. The van der Waals surface area contributed by atoms with Gasteiger partial charge in [0.25, 0.3) is 0 Å². The van der Waals surface area contributed by atoms with Crippen molar-refractivity contribution < 1.29 is 4.74 Å². The van der Waals surface area contributed by atoms with E-state index in [9.17, 15) is 0 Å². The molecule has 0 radical (unpaired) electrons. The van der Waals surface area contributed by atoms with Crippen molar-refractivity contribution in [3.63, 3.8) is 0 Å². The molecule has 0 fully saturated rings. The van der Waals surface area contributed by atoms with Gasteiger partial charge >= 0.3 is 0 Å². The lowest BCUT2D eigenvalue weighted by atomic mass is 9.53. The van der Waals surface area contributed by atoms with E-state index in [-0.39, 0.29) is 10.8 Å². The van der Waals surface area contributed by atoms with Crippen molar-refractivity contribution in [1.29, 1.82) is 0 Å². The lowest BCUT2D eigenvalue weighted by Gasteiger charge is -2.53. The second-order valence-corrected chi connectivity index (χ2v) is 14.6. The summed E-state index contributed by atoms with van der Waals surface area (Å²) < 4.78 is 5.96. The Labute approximate surface area is 172 Å². The number of fused-ring (bicyclic) bond motifs is 1. The summed E-state index contributed by atoms with van der Waals surface area (Å²) in [5.74, 6) is 0. The van der Waals surface area contributed by atoms with Crippen molar-refractivity contribution in [2.45, 2.75) is 63.6 Å². The van der Waals surface area contributed by atoms with E-state index in [0.717, 1.165) is 6.42 Å². The molecule has 0 heterocycles. The van der Waals surface area contributed by atoms with Crippen LogP contribution in [0.2, 0.25) is 19.6 Å². The number of rotatable bonds is 7. The van der Waals surface area contributed by atoms with E-state index in [1.807, 2.05) is 7.11 Å². The van der Waals surface area contributed by atoms with Gasteiger partial charge in [0.2, 0.25) is 0 Å². The Morgan fingerprint density at radius 1 is 0.929 bits per heavy atom. The average molecular weight is 393 g/mol. The monoisotopic (exact) mass is 392 g/mol. The summed E-state index contributed by atoms with van der Waals surface area (Å²) in [7, 11) is 0.308. The second-order valence-electron chi connectivity index (χ2n) is 9.56. The van der Waals surface area contributed by atoms with Crippen molar-refractivity contribution in [3.8, 4) is 0 Å². The first kappa shape index (κ1) is 21.1. The summed E-state index contributed by atoms with van der Waals surface area (Å²) in [6.07, 6.45) is 6.21. The van der Waals surface area contributed by atoms with E-state index in [4.69, 9.17) is 4.74 Å². The topological polar surface area (TPSA) is 9.23 Å². The maximum atomic E-state index is 5.96. The fourth-order valence-electron chi connectivity index (χ4n) is 5.08. The van der Waals surface area contributed by atoms with Gasteiger partial charge in [0, 0.05) is 17.9 Å². The van der Waals surface area contributed by atoms with Crippen LogP contribution in [-0.2, 0) is 15.6 Å². The molecule has 3 rings (SSSR count). The summed E-state index contributed by atoms with van der Waals surface area (Å²) >= 11 is 0. The van der Waals surface area contributed by atoms with Crippen LogP contribution in [-0.4, -0.2) is 21.8 Å². The highest BCUT2D eigenvalue weighted by Gasteiger charge is 2.53. The minimum absolute atomic E-state index is 0.000116. The number of methoxy groups -OCH3 is 1. The molecule has 0 spiro atoms. The number of benzene rings is 2. The van der Waals surface area contributed by atoms with Crippen molar-refractivity contribution >= 4 is 13.3 Å². The minimum atomic E-state index is -1.55. The molecule has 1 aliphatic carbocycles. The zero-order valence-electron chi connectivity index (χ0n) is 18.5. The first-order chi connectivity index (χ1) is 13.3. The molecule has 1 aliphatic rings. The summed E-state index contributed by atoms with van der Waals surface area (Å²) in [5, 5.41) is 1.57. The summed E-state index contributed by atoms with van der Waals surface area (Å²) in [5.41, 5.74) is 4.20. The molecule has 0 unspecified atom stereocenters. The van der Waals surface area contributed by atoms with Crippen LogP contribution in [0.1, 0.15) is 49.8 Å². The van der Waals surface area contributed by atoms with Crippen LogP contribution in [0, 0.1) is 0 Å². The molecule has 0 aromatic heterocycles. The fraction of sp³-hybridized carbons (Fsp3) is 0.462. The maximum Gasteiger partial charge on any atom is 0.0780 e. The molecule has 2 aromatic rings. The van der Waals surface area contributed by atoms with E-state index in [0.29, 0.717) is 6.61 Å². The molecule has 0 saturated heterocycles.